The molecular weight excluding hydrogens is 239 g/mol. The molecule has 0 saturated carbocycles. The lowest BCUT2D eigenvalue weighted by atomic mass is 10.1. The van der Waals surface area contributed by atoms with Crippen LogP contribution in [-0.2, 0) is 0 Å². The molecule has 0 spiro atoms. The zero-order valence-electron chi connectivity index (χ0n) is 12.4. The van der Waals surface area contributed by atoms with E-state index in [-0.39, 0.29) is 5.82 Å². The van der Waals surface area contributed by atoms with Gasteiger partial charge in [0.15, 0.2) is 0 Å². The van der Waals surface area contributed by atoms with Gasteiger partial charge in [-0.05, 0) is 37.1 Å². The molecule has 0 saturated heterocycles. The summed E-state index contributed by atoms with van der Waals surface area (Å²) in [6.45, 7) is 4.74. The van der Waals surface area contributed by atoms with Gasteiger partial charge >= 0.3 is 0 Å². The highest BCUT2D eigenvalue weighted by atomic mass is 19.1. The normalized spacial score (nSPS) is 10.7. The Morgan fingerprint density at radius 3 is 2.21 bits per heavy atom. The third kappa shape index (κ3) is 7.19. The number of halogens is 1. The van der Waals surface area contributed by atoms with Crippen LogP contribution in [0.25, 0.3) is 0 Å². The summed E-state index contributed by atoms with van der Waals surface area (Å²) >= 11 is 0. The molecule has 0 N–H and O–H groups in total. The van der Waals surface area contributed by atoms with Gasteiger partial charge in [0, 0.05) is 0 Å². The molecule has 1 rings (SSSR count). The van der Waals surface area contributed by atoms with Gasteiger partial charge in [0.25, 0.3) is 0 Å². The third-order valence-corrected chi connectivity index (χ3v) is 3.40. The number of hydrogen-bond donors (Lipinski definition) is 0. The SMILES string of the molecule is CCCCCCCCCCOc1ccc(F)c(C)c1. The molecule has 0 amide bonds. The van der Waals surface area contributed by atoms with Crippen molar-refractivity contribution in [1.29, 1.82) is 0 Å². The highest BCUT2D eigenvalue weighted by Gasteiger charge is 1.99. The first-order valence-corrected chi connectivity index (χ1v) is 7.63. The van der Waals surface area contributed by atoms with Crippen LogP contribution in [0.2, 0.25) is 0 Å². The lowest BCUT2D eigenvalue weighted by Gasteiger charge is -2.07. The summed E-state index contributed by atoms with van der Waals surface area (Å²) in [4.78, 5) is 0. The van der Waals surface area contributed by atoms with Crippen LogP contribution in [0.4, 0.5) is 4.39 Å². The quantitative estimate of drug-likeness (QED) is 0.497. The number of benzene rings is 1. The number of aryl methyl sites for hydroxylation is 1. The van der Waals surface area contributed by atoms with Crippen LogP contribution >= 0.6 is 0 Å². The van der Waals surface area contributed by atoms with Crippen molar-refractivity contribution in [2.24, 2.45) is 0 Å². The Labute approximate surface area is 117 Å². The van der Waals surface area contributed by atoms with Gasteiger partial charge in [0.1, 0.15) is 11.6 Å². The van der Waals surface area contributed by atoms with Crippen molar-refractivity contribution in [3.63, 3.8) is 0 Å². The van der Waals surface area contributed by atoms with Crippen molar-refractivity contribution in [2.75, 3.05) is 6.61 Å². The minimum Gasteiger partial charge on any atom is -0.494 e. The van der Waals surface area contributed by atoms with E-state index in [0.29, 0.717) is 5.56 Å². The monoisotopic (exact) mass is 266 g/mol. The van der Waals surface area contributed by atoms with Crippen LogP contribution in [0, 0.1) is 12.7 Å². The van der Waals surface area contributed by atoms with Gasteiger partial charge in [-0.3, -0.25) is 0 Å². The molecule has 108 valence electrons. The van der Waals surface area contributed by atoms with Gasteiger partial charge in [-0.1, -0.05) is 51.9 Å². The molecule has 0 aliphatic rings. The van der Waals surface area contributed by atoms with E-state index in [2.05, 4.69) is 6.92 Å². The first kappa shape index (κ1) is 16.0. The largest absolute Gasteiger partial charge is 0.494 e. The van der Waals surface area contributed by atoms with Crippen molar-refractivity contribution in [1.82, 2.24) is 0 Å². The summed E-state index contributed by atoms with van der Waals surface area (Å²) < 4.78 is 18.7. The van der Waals surface area contributed by atoms with Crippen LogP contribution in [0.5, 0.6) is 5.75 Å². The molecule has 1 aromatic rings. The molecule has 0 fully saturated rings. The van der Waals surface area contributed by atoms with Crippen molar-refractivity contribution in [3.05, 3.63) is 29.6 Å². The van der Waals surface area contributed by atoms with E-state index in [1.165, 1.54) is 51.0 Å². The van der Waals surface area contributed by atoms with Crippen LogP contribution in [0.3, 0.4) is 0 Å². The van der Waals surface area contributed by atoms with E-state index in [0.717, 1.165) is 18.8 Å². The Morgan fingerprint density at radius 1 is 0.947 bits per heavy atom. The highest BCUT2D eigenvalue weighted by molar-refractivity contribution is 5.28. The van der Waals surface area contributed by atoms with E-state index in [1.807, 2.05) is 0 Å². The zero-order chi connectivity index (χ0) is 13.9. The minimum absolute atomic E-state index is 0.167. The first-order valence-electron chi connectivity index (χ1n) is 7.63. The van der Waals surface area contributed by atoms with E-state index in [1.54, 1.807) is 19.1 Å². The smallest absolute Gasteiger partial charge is 0.126 e. The van der Waals surface area contributed by atoms with E-state index >= 15 is 0 Å². The van der Waals surface area contributed by atoms with Crippen molar-refractivity contribution in [2.45, 2.75) is 65.2 Å². The molecule has 2 heteroatoms. The number of hydrogen-bond acceptors (Lipinski definition) is 1. The maximum atomic E-state index is 13.1. The Kier molecular flexibility index (Phi) is 8.28. The molecular formula is C17H27FO. The lowest BCUT2D eigenvalue weighted by molar-refractivity contribution is 0.303. The van der Waals surface area contributed by atoms with Gasteiger partial charge in [-0.15, -0.1) is 0 Å². The van der Waals surface area contributed by atoms with Crippen molar-refractivity contribution in [3.8, 4) is 5.75 Å². The van der Waals surface area contributed by atoms with Crippen molar-refractivity contribution < 1.29 is 9.13 Å². The minimum atomic E-state index is -0.167. The second-order valence-corrected chi connectivity index (χ2v) is 5.23. The molecule has 0 radical (unpaired) electrons. The van der Waals surface area contributed by atoms with Gasteiger partial charge in [0.05, 0.1) is 6.61 Å². The Bertz CT molecular complexity index is 349. The molecule has 1 aromatic carbocycles. The van der Waals surface area contributed by atoms with Crippen molar-refractivity contribution >= 4 is 0 Å². The fourth-order valence-corrected chi connectivity index (χ4v) is 2.13. The second kappa shape index (κ2) is 9.82. The topological polar surface area (TPSA) is 9.23 Å². The maximum Gasteiger partial charge on any atom is 0.126 e. The van der Waals surface area contributed by atoms with Gasteiger partial charge in [-0.2, -0.15) is 0 Å². The summed E-state index contributed by atoms with van der Waals surface area (Å²) in [6, 6.07) is 4.94. The molecule has 0 bridgehead atoms. The molecule has 0 aromatic heterocycles. The Morgan fingerprint density at radius 2 is 1.58 bits per heavy atom. The number of unbranched alkanes of at least 4 members (excludes halogenated alkanes) is 7. The highest BCUT2D eigenvalue weighted by Crippen LogP contribution is 2.16. The molecule has 19 heavy (non-hydrogen) atoms. The first-order chi connectivity index (χ1) is 9.24. The molecule has 0 heterocycles. The van der Waals surface area contributed by atoms with Gasteiger partial charge in [0.2, 0.25) is 0 Å². The summed E-state index contributed by atoms with van der Waals surface area (Å²) in [5.74, 6) is 0.612. The molecule has 0 atom stereocenters. The van der Waals surface area contributed by atoms with E-state index < -0.39 is 0 Å². The van der Waals surface area contributed by atoms with Crippen LogP contribution in [0.1, 0.15) is 63.9 Å². The van der Waals surface area contributed by atoms with Crippen LogP contribution in [-0.4, -0.2) is 6.61 Å². The predicted octanol–water partition coefficient (Wildman–Crippen LogP) is 5.65. The van der Waals surface area contributed by atoms with Gasteiger partial charge in [-0.25, -0.2) is 4.39 Å². The summed E-state index contributed by atoms with van der Waals surface area (Å²) in [5, 5.41) is 0. The summed E-state index contributed by atoms with van der Waals surface area (Å²) in [7, 11) is 0. The molecule has 1 nitrogen and oxygen atoms in total. The predicted molar refractivity (Wildman–Crippen MR) is 79.2 cm³/mol. The Hall–Kier alpha value is -1.05. The molecule has 0 unspecified atom stereocenters. The fraction of sp³-hybridized carbons (Fsp3) is 0.647. The van der Waals surface area contributed by atoms with Crippen LogP contribution in [0.15, 0.2) is 18.2 Å². The van der Waals surface area contributed by atoms with E-state index in [9.17, 15) is 4.39 Å². The average Bonchev–Trinajstić information content (AvgIpc) is 2.41. The van der Waals surface area contributed by atoms with Gasteiger partial charge < -0.3 is 4.74 Å². The average molecular weight is 266 g/mol. The number of ether oxygens (including phenoxy) is 1. The lowest BCUT2D eigenvalue weighted by Crippen LogP contribution is -1.98. The fourth-order valence-electron chi connectivity index (χ4n) is 2.13. The summed E-state index contributed by atoms with van der Waals surface area (Å²) in [5.41, 5.74) is 0.647. The summed E-state index contributed by atoms with van der Waals surface area (Å²) in [6.07, 6.45) is 10.4. The van der Waals surface area contributed by atoms with E-state index in [4.69, 9.17) is 4.74 Å². The maximum absolute atomic E-state index is 13.1. The second-order valence-electron chi connectivity index (χ2n) is 5.23. The Balaban J connectivity index is 2.00. The van der Waals surface area contributed by atoms with Crippen LogP contribution < -0.4 is 4.74 Å². The molecule has 0 aliphatic heterocycles. The standard InChI is InChI=1S/C17H27FO/c1-3-4-5-6-7-8-9-10-13-19-16-11-12-17(18)15(2)14-16/h11-12,14H,3-10,13H2,1-2H3. The zero-order valence-corrected chi connectivity index (χ0v) is 12.4. The molecule has 0 aliphatic carbocycles. The third-order valence-electron chi connectivity index (χ3n) is 3.40. The number of rotatable bonds is 10.